The predicted molar refractivity (Wildman–Crippen MR) is 52.3 cm³/mol. The second-order valence-electron chi connectivity index (χ2n) is 0.855. The van der Waals surface area contributed by atoms with E-state index in [4.69, 9.17) is 13.7 Å². The molecule has 0 N–H and O–H groups in total. The summed E-state index contributed by atoms with van der Waals surface area (Å²) in [6.45, 7) is -12.9. The minimum atomic E-state index is -4.07. The Morgan fingerprint density at radius 3 is 2.30 bits per heavy atom. The molecule has 0 bridgehead atoms. The van der Waals surface area contributed by atoms with E-state index in [9.17, 15) is 0 Å². The molecule has 0 aliphatic heterocycles. The largest absolute Gasteiger partial charge is 0.322 e. The molecule has 10 heavy (non-hydrogen) atoms. The number of thiol groups is 1. The van der Waals surface area contributed by atoms with Gasteiger partial charge in [-0.25, -0.2) is 0 Å². The Labute approximate surface area is 129 Å². The first-order valence-electron chi connectivity index (χ1n) is 6.66. The quantitative estimate of drug-likeness (QED) is 0.456. The Bertz CT molecular complexity index is 348. The van der Waals surface area contributed by atoms with Crippen LogP contribution in [0.2, 0.25) is 0 Å². The van der Waals surface area contributed by atoms with Gasteiger partial charge in [-0.3, -0.25) is 0 Å². The van der Waals surface area contributed by atoms with Crippen molar-refractivity contribution in [2.24, 2.45) is 0 Å². The van der Waals surface area contributed by atoms with Gasteiger partial charge >= 0.3 is 0 Å². The van der Waals surface area contributed by atoms with E-state index in [1.165, 1.54) is 0 Å². The van der Waals surface area contributed by atoms with Crippen LogP contribution in [-0.4, -0.2) is 64.5 Å². The van der Waals surface area contributed by atoms with Gasteiger partial charge in [-0.2, -0.15) is 0 Å². The van der Waals surface area contributed by atoms with Crippen molar-refractivity contribution in [2.45, 2.75) is 13.7 Å². The van der Waals surface area contributed by atoms with E-state index in [-0.39, 0.29) is 51.4 Å². The summed E-state index contributed by atoms with van der Waals surface area (Å²) in [7, 11) is 0. The van der Waals surface area contributed by atoms with Crippen molar-refractivity contribution in [3.8, 4) is 0 Å². The van der Waals surface area contributed by atoms with Gasteiger partial charge in [0.2, 0.25) is 5.69 Å². The van der Waals surface area contributed by atoms with Gasteiger partial charge in [0.1, 0.15) is 0 Å². The van der Waals surface area contributed by atoms with Crippen molar-refractivity contribution in [3.05, 3.63) is 0 Å². The zero-order chi connectivity index (χ0) is 15.9. The number of rotatable bonds is 4. The van der Waals surface area contributed by atoms with Crippen LogP contribution in [0.4, 0.5) is 0 Å². The summed E-state index contributed by atoms with van der Waals surface area (Å²) in [4.78, 5) is 0. The maximum atomic E-state index is 7.15. The fourth-order valence-corrected chi connectivity index (χ4v) is 0.871. The summed E-state index contributed by atoms with van der Waals surface area (Å²) in [5.41, 5.74) is -4.07. The van der Waals surface area contributed by atoms with Crippen molar-refractivity contribution < 1.29 is 22.8 Å². The Hall–Kier alpha value is 2.56. The Kier molecular flexibility index (Phi) is 3.24. The second-order valence-corrected chi connectivity index (χ2v) is 5.99. The summed E-state index contributed by atoms with van der Waals surface area (Å²) >= 11 is 8.07. The van der Waals surface area contributed by atoms with E-state index in [0.29, 0.717) is 0 Å². The van der Waals surface area contributed by atoms with Gasteiger partial charge < -0.3 is 9.05 Å². The van der Waals surface area contributed by atoms with Gasteiger partial charge in [-0.1, -0.05) is 12.2 Å². The van der Waals surface area contributed by atoms with Gasteiger partial charge in [-0.15, -0.1) is 0 Å². The van der Waals surface area contributed by atoms with E-state index in [0.717, 1.165) is 0 Å². The molecule has 0 unspecified atom stereocenters. The normalized spacial score (nSPS) is 30.9. The van der Waals surface area contributed by atoms with Crippen LogP contribution in [0.25, 0.3) is 0 Å². The first-order valence-corrected chi connectivity index (χ1v) is 5.45. The molecule has 0 heterocycles. The van der Waals surface area contributed by atoms with Crippen molar-refractivity contribution in [1.29, 1.82) is 0 Å². The fraction of sp³-hybridized carbons (Fsp3) is 1.00. The van der Waals surface area contributed by atoms with Gasteiger partial charge in [-0.05, 0) is 25.5 Å². The molecule has 0 rings (SSSR count). The molecule has 0 spiro atoms. The van der Waals surface area contributed by atoms with Gasteiger partial charge in [0.25, 0.3) is 0 Å². The molecule has 0 saturated heterocycles. The van der Waals surface area contributed by atoms with Crippen LogP contribution in [0.5, 0.6) is 0 Å². The van der Waals surface area contributed by atoms with E-state index in [1.807, 2.05) is 0 Å². The van der Waals surface area contributed by atoms with Crippen molar-refractivity contribution in [2.75, 3.05) is 13.1 Å². The molecule has 1 radical (unpaired) electrons. The molecule has 57 valence electrons. The van der Waals surface area contributed by atoms with Gasteiger partial charge in [0.05, 0.1) is 18.6 Å². The summed E-state index contributed by atoms with van der Waals surface area (Å²) in [6, 6.07) is 0. The fourth-order valence-electron chi connectivity index (χ4n) is 0.134. The van der Waals surface area contributed by atoms with Crippen molar-refractivity contribution in [1.82, 2.24) is 0 Å². The van der Waals surface area contributed by atoms with Crippen LogP contribution in [0, 0.1) is 0 Å². The minimum absolute atomic E-state index is 0. The van der Waals surface area contributed by atoms with Gasteiger partial charge in [0.15, 0.2) is 0 Å². The van der Waals surface area contributed by atoms with Crippen LogP contribution in [-0.2, 0) is 20.9 Å². The smallest absolute Gasteiger partial charge is 0.244 e. The third-order valence-electron chi connectivity index (χ3n) is 0.322. The maximum absolute atomic E-state index is 7.15. The van der Waals surface area contributed by atoms with E-state index in [1.54, 1.807) is 0 Å². The van der Waals surface area contributed by atoms with E-state index >= 15 is 0 Å². The van der Waals surface area contributed by atoms with E-state index < -0.39 is 32.5 Å². The summed E-state index contributed by atoms with van der Waals surface area (Å²) in [5.74, 6) is 0. The SMILES string of the molecule is [2H]C([2H])([2H])C([2H])([2H])OP(=S)(S)OC([2H])([2H])C([2H])([2H])[2H].[K]. The average molecular weight is 235 g/mol. The minimum Gasteiger partial charge on any atom is -0.322 e. The summed E-state index contributed by atoms with van der Waals surface area (Å²) in [6.07, 6.45) is 0. The van der Waals surface area contributed by atoms with Crippen molar-refractivity contribution >= 4 is 81.1 Å². The maximum Gasteiger partial charge on any atom is 0.244 e. The monoisotopic (exact) mass is 235 g/mol. The molecule has 0 aromatic carbocycles. The molecule has 0 saturated carbocycles. The van der Waals surface area contributed by atoms with Crippen LogP contribution in [0.15, 0.2) is 0 Å². The molecule has 0 fully saturated rings. The van der Waals surface area contributed by atoms with Crippen LogP contribution < -0.4 is 0 Å². The number of hydrogen-bond donors (Lipinski definition) is 1. The Morgan fingerprint density at radius 2 is 2.00 bits per heavy atom. The van der Waals surface area contributed by atoms with Crippen LogP contribution in [0.1, 0.15) is 27.4 Å². The van der Waals surface area contributed by atoms with Crippen molar-refractivity contribution in [3.63, 3.8) is 0 Å². The summed E-state index contributed by atoms with van der Waals surface area (Å²) in [5, 5.41) is 0. The average Bonchev–Trinajstić information content (AvgIpc) is 1.93. The third kappa shape index (κ3) is 8.65. The molecular formula is C4H11KO2PS2. The molecule has 2 nitrogen and oxygen atoms in total. The predicted octanol–water partition coefficient (Wildman–Crippen LogP) is 1.83. The Morgan fingerprint density at radius 1 is 1.60 bits per heavy atom. The molecule has 0 aromatic rings. The third-order valence-corrected chi connectivity index (χ3v) is 1.90. The molecule has 6 heteroatoms. The molecule has 0 aliphatic carbocycles. The molecule has 0 amide bonds. The van der Waals surface area contributed by atoms with E-state index in [2.05, 4.69) is 33.1 Å². The summed E-state index contributed by atoms with van der Waals surface area (Å²) < 4.78 is 78.6. The first kappa shape index (κ1) is 3.97. The van der Waals surface area contributed by atoms with Gasteiger partial charge in [0, 0.05) is 59.6 Å². The Balaban J connectivity index is 0. The first-order chi connectivity index (χ1) is 7.91. The number of hydrogen-bond acceptors (Lipinski definition) is 3. The van der Waals surface area contributed by atoms with Crippen LogP contribution in [0.3, 0.4) is 0 Å². The topological polar surface area (TPSA) is 18.5 Å². The zero-order valence-corrected chi connectivity index (χ0v) is 10.8. The zero-order valence-electron chi connectivity index (χ0n) is 15.1. The molecular weight excluding hydrogens is 214 g/mol. The molecule has 0 atom stereocenters. The van der Waals surface area contributed by atoms with Crippen LogP contribution >= 0.6 is 17.9 Å². The molecule has 0 aliphatic rings. The molecule has 0 aromatic heterocycles. The second kappa shape index (κ2) is 8.17. The standard InChI is InChI=1S/C4H11O2PS2.K/c1-3-5-7(8,9)6-4-2;/h3-4H2,1-2H3,(H,8,9);/i1D3,2D3,3D2,4D2;.